The molecule has 0 amide bonds. The van der Waals surface area contributed by atoms with Gasteiger partial charge in [0.2, 0.25) is 0 Å². The van der Waals surface area contributed by atoms with Crippen LogP contribution in [-0.4, -0.2) is 63.9 Å². The first-order valence-corrected chi connectivity index (χ1v) is 9.68. The molecule has 0 aliphatic heterocycles. The van der Waals surface area contributed by atoms with Crippen molar-refractivity contribution >= 4 is 5.96 Å². The van der Waals surface area contributed by atoms with E-state index in [-0.39, 0.29) is 18.4 Å². The largest absolute Gasteiger partial charge is 0.434 e. The van der Waals surface area contributed by atoms with Gasteiger partial charge in [-0.2, -0.15) is 8.78 Å². The van der Waals surface area contributed by atoms with Gasteiger partial charge in [-0.1, -0.05) is 17.7 Å². The lowest BCUT2D eigenvalue weighted by atomic mass is 10.1. The number of hydrogen-bond acceptors (Lipinski definition) is 4. The first kappa shape index (κ1) is 24.1. The summed E-state index contributed by atoms with van der Waals surface area (Å²) in [5, 5.41) is 6.45. The monoisotopic (exact) mass is 400 g/mol. The zero-order valence-corrected chi connectivity index (χ0v) is 17.6. The predicted octanol–water partition coefficient (Wildman–Crippen LogP) is 3.01. The van der Waals surface area contributed by atoms with Crippen LogP contribution in [-0.2, 0) is 11.3 Å². The lowest BCUT2D eigenvalue weighted by Crippen LogP contribution is -2.42. The normalized spacial score (nSPS) is 13.1. The lowest BCUT2D eigenvalue weighted by Gasteiger charge is -2.21. The van der Waals surface area contributed by atoms with E-state index in [1.165, 1.54) is 0 Å². The van der Waals surface area contributed by atoms with Crippen molar-refractivity contribution < 1.29 is 18.3 Å². The molecule has 1 atom stereocenters. The highest BCUT2D eigenvalue weighted by Gasteiger charge is 2.12. The highest BCUT2D eigenvalue weighted by molar-refractivity contribution is 5.79. The Morgan fingerprint density at radius 2 is 1.96 bits per heavy atom. The third-order valence-electron chi connectivity index (χ3n) is 3.98. The Kier molecular flexibility index (Phi) is 11.4. The van der Waals surface area contributed by atoms with E-state index in [4.69, 9.17) is 4.74 Å². The van der Waals surface area contributed by atoms with Gasteiger partial charge in [0.15, 0.2) is 5.96 Å². The summed E-state index contributed by atoms with van der Waals surface area (Å²) in [6, 6.07) is 5.11. The molecule has 8 heteroatoms. The van der Waals surface area contributed by atoms with E-state index < -0.39 is 6.61 Å². The van der Waals surface area contributed by atoms with Gasteiger partial charge in [-0.25, -0.2) is 4.99 Å². The van der Waals surface area contributed by atoms with Gasteiger partial charge in [0.1, 0.15) is 5.75 Å². The Morgan fingerprint density at radius 3 is 2.57 bits per heavy atom. The zero-order chi connectivity index (χ0) is 20.9. The van der Waals surface area contributed by atoms with Crippen LogP contribution in [0.3, 0.4) is 0 Å². The number of nitrogens with zero attached hydrogens (tertiary/aromatic N) is 2. The molecule has 160 valence electrons. The Bertz CT molecular complexity index is 598. The van der Waals surface area contributed by atoms with E-state index in [1.807, 2.05) is 40.9 Å². The highest BCUT2D eigenvalue weighted by Crippen LogP contribution is 2.22. The van der Waals surface area contributed by atoms with E-state index in [0.29, 0.717) is 31.2 Å². The summed E-state index contributed by atoms with van der Waals surface area (Å²) < 4.78 is 35.7. The number of aryl methyl sites for hydroxylation is 1. The van der Waals surface area contributed by atoms with Gasteiger partial charge in [0.25, 0.3) is 0 Å². The summed E-state index contributed by atoms with van der Waals surface area (Å²) in [4.78, 5) is 6.64. The number of alkyl halides is 2. The molecule has 2 N–H and O–H groups in total. The predicted molar refractivity (Wildman–Crippen MR) is 109 cm³/mol. The molecule has 1 aromatic rings. The Labute approximate surface area is 167 Å². The average Bonchev–Trinajstić information content (AvgIpc) is 2.63. The van der Waals surface area contributed by atoms with Crippen LogP contribution < -0.4 is 15.4 Å². The van der Waals surface area contributed by atoms with Gasteiger partial charge in [-0.3, -0.25) is 0 Å². The second kappa shape index (κ2) is 13.3. The number of hydrogen-bond donors (Lipinski definition) is 2. The van der Waals surface area contributed by atoms with Crippen molar-refractivity contribution in [3.63, 3.8) is 0 Å². The van der Waals surface area contributed by atoms with Crippen LogP contribution >= 0.6 is 0 Å². The number of benzene rings is 1. The minimum absolute atomic E-state index is 0.0629. The van der Waals surface area contributed by atoms with Crippen molar-refractivity contribution in [1.29, 1.82) is 0 Å². The van der Waals surface area contributed by atoms with Crippen molar-refractivity contribution in [2.24, 2.45) is 4.99 Å². The summed E-state index contributed by atoms with van der Waals surface area (Å²) >= 11 is 0. The number of ether oxygens (including phenoxy) is 2. The molecule has 1 aromatic carbocycles. The molecule has 1 unspecified atom stereocenters. The van der Waals surface area contributed by atoms with Gasteiger partial charge in [-0.05, 0) is 47.4 Å². The molecule has 1 rings (SSSR count). The number of rotatable bonds is 12. The van der Waals surface area contributed by atoms with Crippen molar-refractivity contribution in [2.75, 3.05) is 40.3 Å². The number of guanidine groups is 1. The average molecular weight is 401 g/mol. The number of aliphatic imine (C=N–C) groups is 1. The summed E-state index contributed by atoms with van der Waals surface area (Å²) in [6.07, 6.45) is 0.963. The standard InChI is InChI=1S/C20H34F2N4O2/c1-6-23-20(25-14-17(27-7-2)10-11-26(4)5)24-13-16-12-15(3)8-9-18(16)28-19(21)22/h8-9,12,17,19H,6-7,10-11,13-14H2,1-5H3,(H2,23,24,25). The quantitative estimate of drug-likeness (QED) is 0.417. The maximum Gasteiger partial charge on any atom is 0.387 e. The topological polar surface area (TPSA) is 58.1 Å². The Morgan fingerprint density at radius 1 is 1.21 bits per heavy atom. The molecule has 0 saturated carbocycles. The fourth-order valence-corrected chi connectivity index (χ4v) is 2.64. The molecule has 0 saturated heterocycles. The highest BCUT2D eigenvalue weighted by atomic mass is 19.3. The van der Waals surface area contributed by atoms with Gasteiger partial charge < -0.3 is 25.0 Å². The molecule has 28 heavy (non-hydrogen) atoms. The molecular weight excluding hydrogens is 366 g/mol. The van der Waals surface area contributed by atoms with Crippen LogP contribution in [0.1, 0.15) is 31.4 Å². The van der Waals surface area contributed by atoms with Crippen molar-refractivity contribution in [3.8, 4) is 5.75 Å². The van der Waals surface area contributed by atoms with Crippen LogP contribution in [0.4, 0.5) is 8.78 Å². The van der Waals surface area contributed by atoms with Gasteiger partial charge in [-0.15, -0.1) is 0 Å². The Hall–Kier alpha value is -1.93. The molecular formula is C20H34F2N4O2. The SMILES string of the molecule is CCNC(=NCc1cc(C)ccc1OC(F)F)NCC(CCN(C)C)OCC. The molecule has 0 aromatic heterocycles. The second-order valence-corrected chi connectivity index (χ2v) is 6.74. The maximum atomic E-state index is 12.6. The first-order chi connectivity index (χ1) is 13.3. The molecule has 0 aliphatic carbocycles. The van der Waals surface area contributed by atoms with Crippen molar-refractivity contribution in [3.05, 3.63) is 29.3 Å². The van der Waals surface area contributed by atoms with Crippen LogP contribution in [0.15, 0.2) is 23.2 Å². The minimum atomic E-state index is -2.86. The van der Waals surface area contributed by atoms with Gasteiger partial charge in [0.05, 0.1) is 12.6 Å². The molecule has 0 fully saturated rings. The first-order valence-electron chi connectivity index (χ1n) is 9.68. The summed E-state index contributed by atoms with van der Waals surface area (Å²) in [6.45, 7) is 6.10. The van der Waals surface area contributed by atoms with Crippen molar-refractivity contribution in [2.45, 2.75) is 46.5 Å². The summed E-state index contributed by atoms with van der Waals surface area (Å²) in [5.41, 5.74) is 1.58. The molecule has 0 aliphatic rings. The molecule has 0 radical (unpaired) electrons. The molecule has 0 bridgehead atoms. The van der Waals surface area contributed by atoms with Gasteiger partial charge >= 0.3 is 6.61 Å². The van der Waals surface area contributed by atoms with Crippen LogP contribution in [0.5, 0.6) is 5.75 Å². The fraction of sp³-hybridized carbons (Fsp3) is 0.650. The zero-order valence-electron chi connectivity index (χ0n) is 17.6. The molecule has 6 nitrogen and oxygen atoms in total. The van der Waals surface area contributed by atoms with E-state index in [0.717, 1.165) is 18.5 Å². The third-order valence-corrected chi connectivity index (χ3v) is 3.98. The minimum Gasteiger partial charge on any atom is -0.434 e. The van der Waals surface area contributed by atoms with Crippen LogP contribution in [0.25, 0.3) is 0 Å². The number of nitrogens with one attached hydrogen (secondary N) is 2. The lowest BCUT2D eigenvalue weighted by molar-refractivity contribution is -0.0504. The van der Waals surface area contributed by atoms with E-state index in [1.54, 1.807) is 12.1 Å². The summed E-state index contributed by atoms with van der Waals surface area (Å²) in [5.74, 6) is 0.764. The second-order valence-electron chi connectivity index (χ2n) is 6.74. The third kappa shape index (κ3) is 9.85. The van der Waals surface area contributed by atoms with E-state index in [2.05, 4.69) is 25.3 Å². The summed E-state index contributed by atoms with van der Waals surface area (Å²) in [7, 11) is 4.06. The van der Waals surface area contributed by atoms with Crippen LogP contribution in [0, 0.1) is 6.92 Å². The van der Waals surface area contributed by atoms with Crippen LogP contribution in [0.2, 0.25) is 0 Å². The fourth-order valence-electron chi connectivity index (χ4n) is 2.64. The van der Waals surface area contributed by atoms with Gasteiger partial charge in [0, 0.05) is 31.8 Å². The molecule has 0 spiro atoms. The maximum absolute atomic E-state index is 12.6. The number of halogens is 2. The van der Waals surface area contributed by atoms with E-state index in [9.17, 15) is 8.78 Å². The molecule has 0 heterocycles. The van der Waals surface area contributed by atoms with E-state index >= 15 is 0 Å². The van der Waals surface area contributed by atoms with Crippen molar-refractivity contribution in [1.82, 2.24) is 15.5 Å². The Balaban J connectivity index is 2.79. The smallest absolute Gasteiger partial charge is 0.387 e.